The van der Waals surface area contributed by atoms with Gasteiger partial charge in [0.15, 0.2) is 0 Å². The maximum atomic E-state index is 11.2. The summed E-state index contributed by atoms with van der Waals surface area (Å²) in [6.45, 7) is 7.55. The molecular formula is C8H14N2O2. The maximum Gasteiger partial charge on any atom is 0.237 e. The predicted molar refractivity (Wildman–Crippen MR) is 45.1 cm³/mol. The molecule has 1 rings (SSSR count). The Balaban J connectivity index is 2.33. The molecule has 4 nitrogen and oxygen atoms in total. The molecule has 1 fully saturated rings. The van der Waals surface area contributed by atoms with Gasteiger partial charge in [-0.1, -0.05) is 0 Å². The van der Waals surface area contributed by atoms with E-state index in [2.05, 4.69) is 24.5 Å². The van der Waals surface area contributed by atoms with Gasteiger partial charge in [-0.15, -0.1) is 0 Å². The van der Waals surface area contributed by atoms with Crippen LogP contribution in [0.4, 0.5) is 0 Å². The molecule has 0 aromatic carbocycles. The molecule has 3 N–H and O–H groups in total. The summed E-state index contributed by atoms with van der Waals surface area (Å²) in [5, 5.41) is 14.6. The van der Waals surface area contributed by atoms with Gasteiger partial charge in [0.2, 0.25) is 5.91 Å². The van der Waals surface area contributed by atoms with Crippen LogP contribution in [-0.2, 0) is 4.79 Å². The van der Waals surface area contributed by atoms with Crippen LogP contribution in [0.2, 0.25) is 0 Å². The van der Waals surface area contributed by atoms with Crippen molar-refractivity contribution in [2.45, 2.75) is 24.6 Å². The van der Waals surface area contributed by atoms with Crippen molar-refractivity contribution in [2.24, 2.45) is 0 Å². The van der Waals surface area contributed by atoms with Gasteiger partial charge in [0, 0.05) is 12.6 Å². The zero-order valence-corrected chi connectivity index (χ0v) is 6.92. The summed E-state index contributed by atoms with van der Waals surface area (Å²) >= 11 is 0. The molecule has 2 radical (unpaired) electrons. The summed E-state index contributed by atoms with van der Waals surface area (Å²) < 4.78 is 0. The van der Waals surface area contributed by atoms with Gasteiger partial charge in [0.1, 0.15) is 0 Å². The number of hydrogen-bond donors (Lipinski definition) is 3. The number of rotatable bonds is 2. The lowest BCUT2D eigenvalue weighted by Crippen LogP contribution is -2.43. The predicted octanol–water partition coefficient (Wildman–Crippen LogP) is -1.14. The average Bonchev–Trinajstić information content (AvgIpc) is 2.34. The van der Waals surface area contributed by atoms with Gasteiger partial charge in [-0.2, -0.15) is 0 Å². The molecule has 1 heterocycles. The first-order valence-corrected chi connectivity index (χ1v) is 3.97. The Morgan fingerprint density at radius 3 is 2.75 bits per heavy atom. The second-order valence-corrected chi connectivity index (χ2v) is 3.06. The molecule has 2 unspecified atom stereocenters. The number of aliphatic hydroxyl groups excluding tert-OH is 1. The first-order chi connectivity index (χ1) is 5.59. The van der Waals surface area contributed by atoms with E-state index < -0.39 is 6.10 Å². The summed E-state index contributed by atoms with van der Waals surface area (Å²) in [6, 6.07) is -0.622. The second kappa shape index (κ2) is 3.87. The molecule has 4 heteroatoms. The van der Waals surface area contributed by atoms with Crippen molar-refractivity contribution in [3.63, 3.8) is 0 Å². The van der Waals surface area contributed by atoms with E-state index in [-0.39, 0.29) is 18.0 Å². The molecule has 0 aromatic rings. The molecule has 0 bridgehead atoms. The Hall–Kier alpha value is -0.610. The van der Waals surface area contributed by atoms with E-state index in [1.54, 1.807) is 0 Å². The largest absolute Gasteiger partial charge is 0.392 e. The van der Waals surface area contributed by atoms with Crippen molar-refractivity contribution in [1.29, 1.82) is 0 Å². The highest BCUT2D eigenvalue weighted by Crippen LogP contribution is 2.05. The SMILES string of the molecule is [CH2]C([CH2])NC(=O)C1CC(O)CN1. The number of carbonyl (C=O) groups is 1. The van der Waals surface area contributed by atoms with Gasteiger partial charge < -0.3 is 15.7 Å². The zero-order chi connectivity index (χ0) is 9.14. The third kappa shape index (κ3) is 2.46. The topological polar surface area (TPSA) is 61.4 Å². The molecule has 1 amide bonds. The molecule has 68 valence electrons. The lowest BCUT2D eigenvalue weighted by Gasteiger charge is -2.12. The number of hydrogen-bond acceptors (Lipinski definition) is 3. The van der Waals surface area contributed by atoms with E-state index in [4.69, 9.17) is 5.11 Å². The van der Waals surface area contributed by atoms with E-state index in [9.17, 15) is 4.79 Å². The van der Waals surface area contributed by atoms with Gasteiger partial charge in [-0.3, -0.25) is 4.79 Å². The minimum atomic E-state index is -0.408. The number of β-amino-alcohol motifs (C(OH)–C–C–N with tert-alkyl or cyclic N) is 1. The Kier molecular flexibility index (Phi) is 3.05. The van der Waals surface area contributed by atoms with Gasteiger partial charge in [0.05, 0.1) is 12.1 Å². The number of aliphatic hydroxyl groups is 1. The average molecular weight is 170 g/mol. The molecule has 2 atom stereocenters. The van der Waals surface area contributed by atoms with E-state index in [0.717, 1.165) is 0 Å². The van der Waals surface area contributed by atoms with Crippen molar-refractivity contribution in [1.82, 2.24) is 10.6 Å². The van der Waals surface area contributed by atoms with Crippen LogP contribution in [0, 0.1) is 13.8 Å². The Morgan fingerprint density at radius 2 is 2.33 bits per heavy atom. The van der Waals surface area contributed by atoms with Gasteiger partial charge in [-0.25, -0.2) is 0 Å². The Bertz CT molecular complexity index is 170. The molecule has 0 spiro atoms. The lowest BCUT2D eigenvalue weighted by molar-refractivity contribution is -0.123. The Labute approximate surface area is 72.3 Å². The maximum absolute atomic E-state index is 11.2. The fourth-order valence-electron chi connectivity index (χ4n) is 1.22. The first-order valence-electron chi connectivity index (χ1n) is 3.97. The van der Waals surface area contributed by atoms with Crippen LogP contribution in [0.1, 0.15) is 6.42 Å². The summed E-state index contributed by atoms with van der Waals surface area (Å²) in [5.74, 6) is -0.137. The minimum Gasteiger partial charge on any atom is -0.392 e. The number of nitrogens with one attached hydrogen (secondary N) is 2. The van der Waals surface area contributed by atoms with E-state index in [1.165, 1.54) is 0 Å². The summed E-state index contributed by atoms with van der Waals surface area (Å²) in [7, 11) is 0. The standard InChI is InChI=1S/C8H14N2O2/c1-5(2)10-8(12)7-3-6(11)4-9-7/h5-7,9,11H,1-4H2,(H,10,12). The smallest absolute Gasteiger partial charge is 0.237 e. The van der Waals surface area contributed by atoms with Crippen molar-refractivity contribution < 1.29 is 9.90 Å². The van der Waals surface area contributed by atoms with Crippen LogP contribution in [0.3, 0.4) is 0 Å². The van der Waals surface area contributed by atoms with Gasteiger partial charge >= 0.3 is 0 Å². The minimum absolute atomic E-state index is 0.137. The van der Waals surface area contributed by atoms with Gasteiger partial charge in [-0.05, 0) is 20.3 Å². The van der Waals surface area contributed by atoms with Crippen molar-refractivity contribution in [3.05, 3.63) is 13.8 Å². The van der Waals surface area contributed by atoms with Crippen LogP contribution in [0.15, 0.2) is 0 Å². The third-order valence-corrected chi connectivity index (χ3v) is 1.77. The molecule has 1 aliphatic rings. The molecular weight excluding hydrogens is 156 g/mol. The lowest BCUT2D eigenvalue weighted by atomic mass is 10.2. The Morgan fingerprint density at radius 1 is 1.67 bits per heavy atom. The highest BCUT2D eigenvalue weighted by atomic mass is 16.3. The summed E-state index contributed by atoms with van der Waals surface area (Å²) in [6.07, 6.45) is 0.0623. The molecule has 0 aliphatic carbocycles. The van der Waals surface area contributed by atoms with Crippen LogP contribution in [0.5, 0.6) is 0 Å². The van der Waals surface area contributed by atoms with Crippen LogP contribution >= 0.6 is 0 Å². The van der Waals surface area contributed by atoms with Crippen molar-refractivity contribution in [2.75, 3.05) is 6.54 Å². The molecule has 0 saturated carbocycles. The molecule has 12 heavy (non-hydrogen) atoms. The molecule has 1 saturated heterocycles. The zero-order valence-electron chi connectivity index (χ0n) is 6.92. The first kappa shape index (κ1) is 9.48. The van der Waals surface area contributed by atoms with E-state index >= 15 is 0 Å². The summed E-state index contributed by atoms with van der Waals surface area (Å²) in [5.41, 5.74) is 0. The van der Waals surface area contributed by atoms with E-state index in [1.807, 2.05) is 0 Å². The highest BCUT2D eigenvalue weighted by Gasteiger charge is 2.27. The van der Waals surface area contributed by atoms with Crippen LogP contribution < -0.4 is 10.6 Å². The highest BCUT2D eigenvalue weighted by molar-refractivity contribution is 5.82. The van der Waals surface area contributed by atoms with Crippen molar-refractivity contribution >= 4 is 5.91 Å². The van der Waals surface area contributed by atoms with Crippen LogP contribution in [0.25, 0.3) is 0 Å². The van der Waals surface area contributed by atoms with E-state index in [0.29, 0.717) is 13.0 Å². The van der Waals surface area contributed by atoms with Gasteiger partial charge in [0.25, 0.3) is 0 Å². The fourth-order valence-corrected chi connectivity index (χ4v) is 1.22. The van der Waals surface area contributed by atoms with Crippen LogP contribution in [-0.4, -0.2) is 35.7 Å². The second-order valence-electron chi connectivity index (χ2n) is 3.06. The third-order valence-electron chi connectivity index (χ3n) is 1.77. The number of amides is 1. The molecule has 1 aliphatic heterocycles. The monoisotopic (exact) mass is 170 g/mol. The number of carbonyl (C=O) groups excluding carboxylic acids is 1. The normalized spacial score (nSPS) is 29.3. The van der Waals surface area contributed by atoms with Crippen molar-refractivity contribution in [3.8, 4) is 0 Å². The fraction of sp³-hybridized carbons (Fsp3) is 0.625. The summed E-state index contributed by atoms with van der Waals surface area (Å²) in [4.78, 5) is 11.2. The quantitative estimate of drug-likeness (QED) is 0.491. The molecule has 0 aromatic heterocycles.